The molecule has 0 saturated heterocycles. The fraction of sp³-hybridized carbons (Fsp3) is 0.350. The predicted molar refractivity (Wildman–Crippen MR) is 99.8 cm³/mol. The number of methoxy groups -OCH3 is 1. The summed E-state index contributed by atoms with van der Waals surface area (Å²) in [4.78, 5) is 12.2. The van der Waals surface area contributed by atoms with E-state index in [0.717, 1.165) is 24.7 Å². The van der Waals surface area contributed by atoms with Crippen LogP contribution in [-0.4, -0.2) is 43.5 Å². The molecule has 28 heavy (non-hydrogen) atoms. The molecule has 0 spiro atoms. The number of nitrogens with zero attached hydrogens (tertiary/aromatic N) is 5. The Kier molecular flexibility index (Phi) is 4.03. The highest BCUT2D eigenvalue weighted by Gasteiger charge is 2.46. The molecular formula is C20H19N5O3. The molecule has 0 radical (unpaired) electrons. The lowest BCUT2D eigenvalue weighted by atomic mass is 10.1. The summed E-state index contributed by atoms with van der Waals surface area (Å²) in [5.74, 6) is 2.73. The summed E-state index contributed by atoms with van der Waals surface area (Å²) in [6.07, 6.45) is 5.23. The van der Waals surface area contributed by atoms with Crippen molar-refractivity contribution in [1.82, 2.24) is 25.1 Å². The number of aromatic hydroxyl groups is 1. The number of hydrogen-bond acceptors (Lipinski definition) is 8. The summed E-state index contributed by atoms with van der Waals surface area (Å²) < 4.78 is 10.9. The van der Waals surface area contributed by atoms with Crippen molar-refractivity contribution in [1.29, 1.82) is 0 Å². The van der Waals surface area contributed by atoms with E-state index in [-0.39, 0.29) is 17.9 Å². The molecule has 0 amide bonds. The first kappa shape index (κ1) is 16.9. The van der Waals surface area contributed by atoms with Gasteiger partial charge in [-0.2, -0.15) is 9.97 Å². The van der Waals surface area contributed by atoms with Crippen LogP contribution in [0.2, 0.25) is 0 Å². The molecule has 2 saturated carbocycles. The topological polar surface area (TPSA) is 103 Å². The van der Waals surface area contributed by atoms with E-state index in [1.807, 2.05) is 0 Å². The van der Waals surface area contributed by atoms with Gasteiger partial charge in [0.1, 0.15) is 18.2 Å². The van der Waals surface area contributed by atoms with Crippen LogP contribution in [0.1, 0.15) is 19.3 Å². The molecule has 2 fully saturated rings. The number of aromatic nitrogens is 5. The van der Waals surface area contributed by atoms with E-state index in [1.54, 1.807) is 30.3 Å². The zero-order valence-electron chi connectivity index (χ0n) is 15.3. The molecule has 142 valence electrons. The highest BCUT2D eigenvalue weighted by molar-refractivity contribution is 5.71. The first-order chi connectivity index (χ1) is 13.7. The number of hydrogen-bond donors (Lipinski definition) is 1. The van der Waals surface area contributed by atoms with Gasteiger partial charge in [0.05, 0.1) is 12.8 Å². The third-order valence-corrected chi connectivity index (χ3v) is 5.39. The van der Waals surface area contributed by atoms with Crippen LogP contribution in [0.25, 0.3) is 22.6 Å². The first-order valence-electron chi connectivity index (χ1n) is 9.27. The third kappa shape index (κ3) is 3.21. The molecule has 3 aromatic rings. The maximum atomic E-state index is 10.5. The van der Waals surface area contributed by atoms with Gasteiger partial charge >= 0.3 is 6.01 Å². The van der Waals surface area contributed by atoms with Crippen LogP contribution in [0.5, 0.6) is 17.6 Å². The van der Waals surface area contributed by atoms with Crippen LogP contribution in [-0.2, 0) is 0 Å². The van der Waals surface area contributed by atoms with Gasteiger partial charge in [-0.3, -0.25) is 0 Å². The Bertz CT molecular complexity index is 1000. The fourth-order valence-corrected chi connectivity index (χ4v) is 3.86. The highest BCUT2D eigenvalue weighted by Crippen LogP contribution is 2.52. The number of phenols is 1. The largest absolute Gasteiger partial charge is 0.507 e. The SMILES string of the molecule is COc1ncnc(-c2ccc(-c3ccc(OC4C[C@@H]5C[C@@H]5C4)nn3)c(O)c2)n1. The molecule has 1 N–H and O–H groups in total. The van der Waals surface area contributed by atoms with Crippen LogP contribution in [0.4, 0.5) is 0 Å². The lowest BCUT2D eigenvalue weighted by Gasteiger charge is -2.13. The molecule has 0 aliphatic heterocycles. The van der Waals surface area contributed by atoms with Gasteiger partial charge in [-0.25, -0.2) is 4.98 Å². The molecular weight excluding hydrogens is 358 g/mol. The summed E-state index contributed by atoms with van der Waals surface area (Å²) >= 11 is 0. The molecule has 1 aromatic carbocycles. The lowest BCUT2D eigenvalue weighted by Crippen LogP contribution is -2.14. The van der Waals surface area contributed by atoms with Crippen molar-refractivity contribution < 1.29 is 14.6 Å². The molecule has 2 aliphatic rings. The number of fused-ring (bicyclic) bond motifs is 1. The van der Waals surface area contributed by atoms with Gasteiger partial charge in [0.15, 0.2) is 5.82 Å². The van der Waals surface area contributed by atoms with Crippen LogP contribution in [0, 0.1) is 11.8 Å². The van der Waals surface area contributed by atoms with E-state index in [1.165, 1.54) is 19.9 Å². The third-order valence-electron chi connectivity index (χ3n) is 5.39. The Balaban J connectivity index is 1.34. The molecule has 8 nitrogen and oxygen atoms in total. The van der Waals surface area contributed by atoms with Crippen LogP contribution in [0.3, 0.4) is 0 Å². The summed E-state index contributed by atoms with van der Waals surface area (Å²) in [5, 5.41) is 18.8. The summed E-state index contributed by atoms with van der Waals surface area (Å²) in [6.45, 7) is 0. The number of phenolic OH excluding ortho intramolecular Hbond substituents is 1. The van der Waals surface area contributed by atoms with Crippen molar-refractivity contribution >= 4 is 0 Å². The van der Waals surface area contributed by atoms with Crippen LogP contribution in [0.15, 0.2) is 36.7 Å². The van der Waals surface area contributed by atoms with E-state index >= 15 is 0 Å². The van der Waals surface area contributed by atoms with Gasteiger partial charge < -0.3 is 14.6 Å². The minimum atomic E-state index is 0.0655. The Hall–Kier alpha value is -3.29. The minimum Gasteiger partial charge on any atom is -0.507 e. The summed E-state index contributed by atoms with van der Waals surface area (Å²) in [5.41, 5.74) is 1.79. The molecule has 2 heterocycles. The van der Waals surface area contributed by atoms with Crippen LogP contribution >= 0.6 is 0 Å². The van der Waals surface area contributed by atoms with Gasteiger partial charge in [-0.1, -0.05) is 6.07 Å². The Morgan fingerprint density at radius 3 is 2.57 bits per heavy atom. The van der Waals surface area contributed by atoms with E-state index in [9.17, 15) is 5.11 Å². The maximum absolute atomic E-state index is 10.5. The molecule has 8 heteroatoms. The Morgan fingerprint density at radius 1 is 1.00 bits per heavy atom. The average Bonchev–Trinajstić information content (AvgIpc) is 3.34. The smallest absolute Gasteiger partial charge is 0.319 e. The molecule has 3 atom stereocenters. The van der Waals surface area contributed by atoms with Gasteiger partial charge in [-0.15, -0.1) is 10.2 Å². The standard InChI is InChI=1S/C20H19N5O3/c1-27-20-22-10-21-19(23-20)11-2-3-15(17(26)9-11)16-4-5-18(25-24-16)28-14-7-12-6-13(12)8-14/h2-5,9-10,12-14,26H,6-8H2,1H3/t12-,13+,14?. The second-order valence-corrected chi connectivity index (χ2v) is 7.25. The van der Waals surface area contributed by atoms with Crippen molar-refractivity contribution in [2.24, 2.45) is 11.8 Å². The van der Waals surface area contributed by atoms with Gasteiger partial charge in [0, 0.05) is 17.2 Å². The zero-order valence-corrected chi connectivity index (χ0v) is 15.3. The van der Waals surface area contributed by atoms with Crippen molar-refractivity contribution in [2.75, 3.05) is 7.11 Å². The zero-order chi connectivity index (χ0) is 19.1. The van der Waals surface area contributed by atoms with Gasteiger partial charge in [0.25, 0.3) is 0 Å². The first-order valence-corrected chi connectivity index (χ1v) is 9.27. The predicted octanol–water partition coefficient (Wildman–Crippen LogP) is 2.89. The summed E-state index contributed by atoms with van der Waals surface area (Å²) in [6, 6.07) is 8.97. The van der Waals surface area contributed by atoms with E-state index in [2.05, 4.69) is 25.1 Å². The van der Waals surface area contributed by atoms with E-state index < -0.39 is 0 Å². The molecule has 2 aliphatic carbocycles. The van der Waals surface area contributed by atoms with Gasteiger partial charge in [0.2, 0.25) is 5.88 Å². The summed E-state index contributed by atoms with van der Waals surface area (Å²) in [7, 11) is 1.49. The van der Waals surface area contributed by atoms with Gasteiger partial charge in [-0.05, 0) is 49.3 Å². The average molecular weight is 377 g/mol. The molecule has 1 unspecified atom stereocenters. The van der Waals surface area contributed by atoms with Crippen molar-refractivity contribution in [3.8, 4) is 40.3 Å². The quantitative estimate of drug-likeness (QED) is 0.724. The highest BCUT2D eigenvalue weighted by atomic mass is 16.5. The normalized spacial score (nSPS) is 22.5. The lowest BCUT2D eigenvalue weighted by molar-refractivity contribution is 0.184. The second kappa shape index (κ2) is 6.70. The maximum Gasteiger partial charge on any atom is 0.319 e. The monoisotopic (exact) mass is 377 g/mol. The van der Waals surface area contributed by atoms with Crippen molar-refractivity contribution in [2.45, 2.75) is 25.4 Å². The second-order valence-electron chi connectivity index (χ2n) is 7.25. The van der Waals surface area contributed by atoms with E-state index in [0.29, 0.717) is 28.5 Å². The number of benzene rings is 1. The minimum absolute atomic E-state index is 0.0655. The van der Waals surface area contributed by atoms with Crippen molar-refractivity contribution in [3.05, 3.63) is 36.7 Å². The Labute approximate surface area is 161 Å². The van der Waals surface area contributed by atoms with Crippen molar-refractivity contribution in [3.63, 3.8) is 0 Å². The fourth-order valence-electron chi connectivity index (χ4n) is 3.86. The molecule has 5 rings (SSSR count). The molecule has 0 bridgehead atoms. The number of ether oxygens (including phenoxy) is 2. The Morgan fingerprint density at radius 2 is 1.86 bits per heavy atom. The van der Waals surface area contributed by atoms with Crippen LogP contribution < -0.4 is 9.47 Å². The van der Waals surface area contributed by atoms with E-state index in [4.69, 9.17) is 9.47 Å². The molecule has 2 aromatic heterocycles. The number of rotatable bonds is 5.